The largest absolute Gasteiger partial charge is 0.343 e. The minimum atomic E-state index is -0.582. The zero-order valence-electron chi connectivity index (χ0n) is 17.3. The lowest BCUT2D eigenvalue weighted by Crippen LogP contribution is -2.35. The Balaban J connectivity index is 1.48. The van der Waals surface area contributed by atoms with Gasteiger partial charge in [-0.05, 0) is 48.9 Å². The second-order valence-corrected chi connectivity index (χ2v) is 8.56. The molecule has 0 fully saturated rings. The van der Waals surface area contributed by atoms with Gasteiger partial charge in [0.25, 0.3) is 5.56 Å². The first-order valence-corrected chi connectivity index (χ1v) is 11.1. The number of carbonyl (C=O) groups is 1. The number of aromatic nitrogens is 3. The molecule has 0 bridgehead atoms. The maximum Gasteiger partial charge on any atom is 0.258 e. The van der Waals surface area contributed by atoms with Crippen LogP contribution in [0.15, 0.2) is 77.7 Å². The number of rotatable bonds is 7. The van der Waals surface area contributed by atoms with E-state index in [2.05, 4.69) is 20.3 Å². The van der Waals surface area contributed by atoms with E-state index < -0.39 is 11.3 Å². The van der Waals surface area contributed by atoms with Crippen LogP contribution in [0.2, 0.25) is 0 Å². The summed E-state index contributed by atoms with van der Waals surface area (Å²) in [5.41, 5.74) is 1.63. The van der Waals surface area contributed by atoms with E-state index in [4.69, 9.17) is 0 Å². The fraction of sp³-hybridized carbons (Fsp3) is 0.167. The molecule has 2 aromatic carbocycles. The second-order valence-electron chi connectivity index (χ2n) is 7.23. The summed E-state index contributed by atoms with van der Waals surface area (Å²) in [6, 6.07) is 18.0. The Labute approximate surface area is 188 Å². The summed E-state index contributed by atoms with van der Waals surface area (Å²) in [7, 11) is 0. The van der Waals surface area contributed by atoms with Crippen molar-refractivity contribution in [2.24, 2.45) is 0 Å². The van der Waals surface area contributed by atoms with Crippen LogP contribution in [0.5, 0.6) is 0 Å². The molecule has 0 radical (unpaired) electrons. The molecule has 0 aliphatic rings. The lowest BCUT2D eigenvalue weighted by Gasteiger charge is -2.21. The van der Waals surface area contributed by atoms with Crippen LogP contribution in [0.1, 0.15) is 30.0 Å². The molecular formula is C24H21FN4O2S. The Morgan fingerprint density at radius 2 is 1.94 bits per heavy atom. The highest BCUT2D eigenvalue weighted by atomic mass is 32.2. The number of carbonyl (C=O) groups excluding carboxylic acids is 1. The molecule has 0 spiro atoms. The maximum atomic E-state index is 13.8. The molecule has 1 amide bonds. The summed E-state index contributed by atoms with van der Waals surface area (Å²) in [4.78, 5) is 36.8. The summed E-state index contributed by atoms with van der Waals surface area (Å²) in [6.07, 6.45) is 1.63. The van der Waals surface area contributed by atoms with Crippen molar-refractivity contribution in [2.75, 3.05) is 0 Å². The molecule has 4 aromatic rings. The molecule has 0 aliphatic carbocycles. The van der Waals surface area contributed by atoms with E-state index in [0.29, 0.717) is 33.7 Å². The predicted molar refractivity (Wildman–Crippen MR) is 124 cm³/mol. The molecular weight excluding hydrogens is 427 g/mol. The number of halogens is 1. The molecule has 2 heterocycles. The Morgan fingerprint density at radius 3 is 2.72 bits per heavy atom. The van der Waals surface area contributed by atoms with Crippen molar-refractivity contribution in [1.29, 1.82) is 0 Å². The van der Waals surface area contributed by atoms with Gasteiger partial charge in [-0.2, -0.15) is 0 Å². The van der Waals surface area contributed by atoms with Crippen molar-refractivity contribution in [2.45, 2.75) is 24.0 Å². The molecule has 0 aliphatic heterocycles. The first kappa shape index (κ1) is 21.7. The van der Waals surface area contributed by atoms with E-state index in [-0.39, 0.29) is 17.3 Å². The number of nitrogens with one attached hydrogen (secondary N) is 2. The third-order valence-electron chi connectivity index (χ3n) is 4.95. The number of aromatic amines is 1. The number of benzene rings is 2. The lowest BCUT2D eigenvalue weighted by atomic mass is 10.0. The standard InChI is InChI=1S/C24H21FN4O2S/c1-15(32-14-21-27-19-10-3-2-9-18(19)24(31)28-21)23(30)29-22(20-11-4-5-12-26-20)16-7-6-8-17(25)13-16/h2-13,15,22H,14H2,1H3,(H,29,30)(H,27,28,31). The van der Waals surface area contributed by atoms with E-state index in [9.17, 15) is 14.0 Å². The molecule has 0 saturated carbocycles. The third kappa shape index (κ3) is 5.03. The Bertz CT molecular complexity index is 1300. The van der Waals surface area contributed by atoms with Crippen LogP contribution in [0, 0.1) is 5.82 Å². The van der Waals surface area contributed by atoms with Crippen LogP contribution in [0.3, 0.4) is 0 Å². The zero-order chi connectivity index (χ0) is 22.5. The smallest absolute Gasteiger partial charge is 0.258 e. The van der Waals surface area contributed by atoms with Crippen molar-refractivity contribution in [1.82, 2.24) is 20.3 Å². The number of hydrogen-bond acceptors (Lipinski definition) is 5. The molecule has 6 nitrogen and oxygen atoms in total. The maximum absolute atomic E-state index is 13.8. The molecule has 2 aromatic heterocycles. The van der Waals surface area contributed by atoms with E-state index >= 15 is 0 Å². The van der Waals surface area contributed by atoms with Gasteiger partial charge in [-0.3, -0.25) is 14.6 Å². The van der Waals surface area contributed by atoms with Crippen molar-refractivity contribution in [3.8, 4) is 0 Å². The topological polar surface area (TPSA) is 87.7 Å². The SMILES string of the molecule is CC(SCc1nc2ccccc2c(=O)[nH]1)C(=O)NC(c1cccc(F)c1)c1ccccn1. The summed E-state index contributed by atoms with van der Waals surface area (Å²) >= 11 is 1.35. The summed E-state index contributed by atoms with van der Waals surface area (Å²) < 4.78 is 13.8. The highest BCUT2D eigenvalue weighted by molar-refractivity contribution is 7.99. The first-order valence-electron chi connectivity index (χ1n) is 10.1. The Hall–Kier alpha value is -3.52. The summed E-state index contributed by atoms with van der Waals surface area (Å²) in [5.74, 6) is 0.261. The Morgan fingerprint density at radius 1 is 1.12 bits per heavy atom. The van der Waals surface area contributed by atoms with Gasteiger partial charge in [0.1, 0.15) is 11.6 Å². The number of H-pyrrole nitrogens is 1. The predicted octanol–water partition coefficient (Wildman–Crippen LogP) is 3.98. The normalized spacial score (nSPS) is 12.9. The number of hydrogen-bond donors (Lipinski definition) is 2. The van der Waals surface area contributed by atoms with Gasteiger partial charge in [-0.1, -0.05) is 30.3 Å². The quantitative estimate of drug-likeness (QED) is 0.446. The van der Waals surface area contributed by atoms with Gasteiger partial charge in [-0.25, -0.2) is 9.37 Å². The van der Waals surface area contributed by atoms with Gasteiger partial charge in [0.15, 0.2) is 0 Å². The number of nitrogens with zero attached hydrogens (tertiary/aromatic N) is 2. The molecule has 8 heteroatoms. The third-order valence-corrected chi connectivity index (χ3v) is 6.11. The fourth-order valence-electron chi connectivity index (χ4n) is 3.30. The van der Waals surface area contributed by atoms with Crippen LogP contribution in [0.25, 0.3) is 10.9 Å². The molecule has 32 heavy (non-hydrogen) atoms. The minimum Gasteiger partial charge on any atom is -0.343 e. The van der Waals surface area contributed by atoms with Crippen molar-refractivity contribution in [3.05, 3.63) is 106 Å². The molecule has 2 atom stereocenters. The van der Waals surface area contributed by atoms with E-state index in [1.54, 1.807) is 55.6 Å². The number of pyridine rings is 1. The lowest BCUT2D eigenvalue weighted by molar-refractivity contribution is -0.120. The van der Waals surface area contributed by atoms with Crippen molar-refractivity contribution >= 4 is 28.6 Å². The van der Waals surface area contributed by atoms with Gasteiger partial charge in [-0.15, -0.1) is 11.8 Å². The van der Waals surface area contributed by atoms with Crippen LogP contribution in [-0.2, 0) is 10.5 Å². The molecule has 0 saturated heterocycles. The average molecular weight is 449 g/mol. The molecule has 162 valence electrons. The minimum absolute atomic E-state index is 0.204. The first-order chi connectivity index (χ1) is 15.5. The number of amides is 1. The molecule has 4 rings (SSSR count). The molecule has 2 unspecified atom stereocenters. The summed E-state index contributed by atoms with van der Waals surface area (Å²) in [5, 5.41) is 3.06. The fourth-order valence-corrected chi connectivity index (χ4v) is 4.07. The highest BCUT2D eigenvalue weighted by Crippen LogP contribution is 2.23. The number of thioether (sulfide) groups is 1. The molecule has 2 N–H and O–H groups in total. The highest BCUT2D eigenvalue weighted by Gasteiger charge is 2.22. The number of fused-ring (bicyclic) bond motifs is 1. The van der Waals surface area contributed by atoms with Crippen LogP contribution < -0.4 is 10.9 Å². The van der Waals surface area contributed by atoms with Crippen LogP contribution >= 0.6 is 11.8 Å². The second kappa shape index (κ2) is 9.74. The van der Waals surface area contributed by atoms with Gasteiger partial charge < -0.3 is 10.3 Å². The zero-order valence-corrected chi connectivity index (χ0v) is 18.1. The average Bonchev–Trinajstić information content (AvgIpc) is 2.81. The van der Waals surface area contributed by atoms with E-state index in [1.165, 1.54) is 23.9 Å². The van der Waals surface area contributed by atoms with Crippen LogP contribution in [0.4, 0.5) is 4.39 Å². The number of para-hydroxylation sites is 1. The summed E-state index contributed by atoms with van der Waals surface area (Å²) in [6.45, 7) is 1.78. The van der Waals surface area contributed by atoms with Crippen molar-refractivity contribution < 1.29 is 9.18 Å². The van der Waals surface area contributed by atoms with Crippen LogP contribution in [-0.4, -0.2) is 26.1 Å². The van der Waals surface area contributed by atoms with Gasteiger partial charge in [0.05, 0.1) is 33.6 Å². The van der Waals surface area contributed by atoms with Gasteiger partial charge >= 0.3 is 0 Å². The Kier molecular flexibility index (Phi) is 6.61. The van der Waals surface area contributed by atoms with Gasteiger partial charge in [0.2, 0.25) is 5.91 Å². The monoisotopic (exact) mass is 448 g/mol. The van der Waals surface area contributed by atoms with E-state index in [0.717, 1.165) is 0 Å². The van der Waals surface area contributed by atoms with Crippen molar-refractivity contribution in [3.63, 3.8) is 0 Å². The van der Waals surface area contributed by atoms with Gasteiger partial charge in [0, 0.05) is 6.20 Å². The van der Waals surface area contributed by atoms with E-state index in [1.807, 2.05) is 12.1 Å².